The summed E-state index contributed by atoms with van der Waals surface area (Å²) in [6.07, 6.45) is 4.12. The topological polar surface area (TPSA) is 71.2 Å². The molecule has 0 radical (unpaired) electrons. The summed E-state index contributed by atoms with van der Waals surface area (Å²) >= 11 is 0. The monoisotopic (exact) mass is 342 g/mol. The fraction of sp³-hybridized carbons (Fsp3) is 0.500. The Bertz CT molecular complexity index is 794. The molecule has 5 nitrogen and oxygen atoms in total. The summed E-state index contributed by atoms with van der Waals surface area (Å²) in [5, 5.41) is 3.88. The first-order valence-corrected chi connectivity index (χ1v) is 9.07. The maximum atomic E-state index is 12.3. The number of nitrogens with one attached hydrogen (secondary N) is 2. The van der Waals surface area contributed by atoms with Gasteiger partial charge in [0.25, 0.3) is 5.91 Å². The second kappa shape index (κ2) is 7.30. The Kier molecular flexibility index (Phi) is 5.11. The zero-order chi connectivity index (χ0) is 18.0. The number of hydrogen-bond donors (Lipinski definition) is 2. The minimum Gasteiger partial charge on any atom is -0.452 e. The average molecular weight is 342 g/mol. The molecular formula is C20H26N2O3. The maximum absolute atomic E-state index is 12.3. The van der Waals surface area contributed by atoms with Gasteiger partial charge in [0.1, 0.15) is 0 Å². The van der Waals surface area contributed by atoms with Crippen molar-refractivity contribution in [3.05, 3.63) is 35.0 Å². The van der Waals surface area contributed by atoms with Crippen molar-refractivity contribution in [2.75, 3.05) is 6.61 Å². The van der Waals surface area contributed by atoms with Gasteiger partial charge in [0, 0.05) is 22.6 Å². The van der Waals surface area contributed by atoms with Crippen LogP contribution in [0.1, 0.15) is 55.2 Å². The third-order valence-electron chi connectivity index (χ3n) is 5.02. The van der Waals surface area contributed by atoms with Gasteiger partial charge in [0.15, 0.2) is 6.61 Å². The molecule has 134 valence electrons. The van der Waals surface area contributed by atoms with E-state index in [1.54, 1.807) is 6.07 Å². The van der Waals surface area contributed by atoms with Crippen molar-refractivity contribution >= 4 is 22.8 Å². The molecule has 3 rings (SSSR count). The van der Waals surface area contributed by atoms with Gasteiger partial charge in [0.05, 0.1) is 5.56 Å². The molecule has 0 saturated heterocycles. The molecule has 2 atom stereocenters. The van der Waals surface area contributed by atoms with Crippen LogP contribution in [0.25, 0.3) is 10.9 Å². The number of hydrogen-bond acceptors (Lipinski definition) is 3. The summed E-state index contributed by atoms with van der Waals surface area (Å²) in [5.41, 5.74) is 4.15. The van der Waals surface area contributed by atoms with Gasteiger partial charge in [-0.25, -0.2) is 4.79 Å². The number of aromatic nitrogens is 1. The Morgan fingerprint density at radius 2 is 2.20 bits per heavy atom. The lowest BCUT2D eigenvalue weighted by Gasteiger charge is -2.18. The fourth-order valence-electron chi connectivity index (χ4n) is 3.35. The standard InChI is InChI=1S/C20H26N2O3/c1-4-13(3)21-19(23)11-25-20(24)14-6-8-18-16(10-14)15-9-12(2)5-7-17(15)22-18/h6,8,10,12-13,22H,4-5,7,9,11H2,1-3H3,(H,21,23)/t12-,13+/m1/s1. The maximum Gasteiger partial charge on any atom is 0.338 e. The average Bonchev–Trinajstić information content (AvgIpc) is 2.96. The molecule has 0 unspecified atom stereocenters. The van der Waals surface area contributed by atoms with E-state index in [1.165, 1.54) is 17.7 Å². The summed E-state index contributed by atoms with van der Waals surface area (Å²) in [5.74, 6) is -0.0667. The van der Waals surface area contributed by atoms with Crippen LogP contribution in [-0.2, 0) is 22.4 Å². The van der Waals surface area contributed by atoms with Crippen LogP contribution >= 0.6 is 0 Å². The van der Waals surface area contributed by atoms with Crippen molar-refractivity contribution in [2.24, 2.45) is 5.92 Å². The van der Waals surface area contributed by atoms with E-state index >= 15 is 0 Å². The Hall–Kier alpha value is -2.30. The number of benzene rings is 1. The summed E-state index contributed by atoms with van der Waals surface area (Å²) < 4.78 is 5.16. The molecular weight excluding hydrogens is 316 g/mol. The Labute approximate surface area is 148 Å². The molecule has 2 aromatic rings. The third-order valence-corrected chi connectivity index (χ3v) is 5.02. The number of rotatable bonds is 5. The molecule has 0 fully saturated rings. The zero-order valence-corrected chi connectivity index (χ0v) is 15.1. The lowest BCUT2D eigenvalue weighted by molar-refractivity contribution is -0.124. The largest absolute Gasteiger partial charge is 0.452 e. The van der Waals surface area contributed by atoms with E-state index in [-0.39, 0.29) is 18.6 Å². The highest BCUT2D eigenvalue weighted by Crippen LogP contribution is 2.32. The van der Waals surface area contributed by atoms with E-state index in [2.05, 4.69) is 17.2 Å². The summed E-state index contributed by atoms with van der Waals surface area (Å²) in [6, 6.07) is 5.64. The number of aromatic amines is 1. The van der Waals surface area contributed by atoms with Crippen LogP contribution in [0.4, 0.5) is 0 Å². The highest BCUT2D eigenvalue weighted by atomic mass is 16.5. The molecule has 1 aromatic carbocycles. The van der Waals surface area contributed by atoms with Crippen LogP contribution in [0.3, 0.4) is 0 Å². The van der Waals surface area contributed by atoms with Crippen molar-refractivity contribution in [3.63, 3.8) is 0 Å². The number of H-pyrrole nitrogens is 1. The van der Waals surface area contributed by atoms with Crippen molar-refractivity contribution < 1.29 is 14.3 Å². The van der Waals surface area contributed by atoms with Crippen LogP contribution in [0.2, 0.25) is 0 Å². The minimum absolute atomic E-state index is 0.0796. The van der Waals surface area contributed by atoms with Gasteiger partial charge in [-0.2, -0.15) is 0 Å². The van der Waals surface area contributed by atoms with Crippen molar-refractivity contribution in [3.8, 4) is 0 Å². The molecule has 1 amide bonds. The lowest BCUT2D eigenvalue weighted by atomic mass is 9.87. The number of ether oxygens (including phenoxy) is 1. The number of fused-ring (bicyclic) bond motifs is 3. The van der Waals surface area contributed by atoms with Crippen molar-refractivity contribution in [1.29, 1.82) is 0 Å². The highest BCUT2D eigenvalue weighted by molar-refractivity contribution is 5.97. The molecule has 1 aliphatic rings. The molecule has 0 saturated carbocycles. The van der Waals surface area contributed by atoms with Crippen LogP contribution in [0.15, 0.2) is 18.2 Å². The molecule has 25 heavy (non-hydrogen) atoms. The molecule has 1 aromatic heterocycles. The highest BCUT2D eigenvalue weighted by Gasteiger charge is 2.21. The number of carbonyl (C=O) groups is 2. The SMILES string of the molecule is CC[C@H](C)NC(=O)COC(=O)c1ccc2[nH]c3c(c2c1)C[C@H](C)CC3. The molecule has 0 spiro atoms. The van der Waals surface area contributed by atoms with E-state index in [4.69, 9.17) is 4.74 Å². The molecule has 2 N–H and O–H groups in total. The second-order valence-corrected chi connectivity index (χ2v) is 7.14. The van der Waals surface area contributed by atoms with Gasteiger partial charge in [-0.05, 0) is 62.3 Å². The van der Waals surface area contributed by atoms with Crippen LogP contribution < -0.4 is 5.32 Å². The summed E-state index contributed by atoms with van der Waals surface area (Å²) in [7, 11) is 0. The first-order valence-electron chi connectivity index (χ1n) is 9.07. The number of aryl methyl sites for hydroxylation is 1. The number of esters is 1. The molecule has 5 heteroatoms. The summed E-state index contributed by atoms with van der Waals surface area (Å²) in [6.45, 7) is 5.92. The van der Waals surface area contributed by atoms with Gasteiger partial charge in [-0.15, -0.1) is 0 Å². The van der Waals surface area contributed by atoms with Gasteiger partial charge in [0.2, 0.25) is 0 Å². The van der Waals surface area contributed by atoms with Crippen LogP contribution in [0.5, 0.6) is 0 Å². The van der Waals surface area contributed by atoms with E-state index in [0.29, 0.717) is 11.5 Å². The van der Waals surface area contributed by atoms with E-state index in [9.17, 15) is 9.59 Å². The molecule has 1 aliphatic carbocycles. The Morgan fingerprint density at radius 3 is 2.96 bits per heavy atom. The smallest absolute Gasteiger partial charge is 0.338 e. The lowest BCUT2D eigenvalue weighted by Crippen LogP contribution is -2.35. The van der Waals surface area contributed by atoms with Crippen LogP contribution in [-0.4, -0.2) is 29.5 Å². The molecule has 0 bridgehead atoms. The second-order valence-electron chi connectivity index (χ2n) is 7.14. The minimum atomic E-state index is -0.458. The van der Waals surface area contributed by atoms with Gasteiger partial charge in [-0.3, -0.25) is 4.79 Å². The third kappa shape index (κ3) is 3.86. The predicted octanol–water partition coefficient (Wildman–Crippen LogP) is 3.36. The zero-order valence-electron chi connectivity index (χ0n) is 15.1. The number of amides is 1. The van der Waals surface area contributed by atoms with Crippen LogP contribution in [0, 0.1) is 5.92 Å². The van der Waals surface area contributed by atoms with E-state index in [1.807, 2.05) is 26.0 Å². The molecule has 0 aliphatic heterocycles. The van der Waals surface area contributed by atoms with Crippen molar-refractivity contribution in [2.45, 2.75) is 52.5 Å². The first-order chi connectivity index (χ1) is 12.0. The quantitative estimate of drug-likeness (QED) is 0.819. The fourth-order valence-corrected chi connectivity index (χ4v) is 3.35. The van der Waals surface area contributed by atoms with Gasteiger partial charge >= 0.3 is 5.97 Å². The normalized spacial score (nSPS) is 17.8. The number of carbonyl (C=O) groups excluding carboxylic acids is 2. The Morgan fingerprint density at radius 1 is 1.40 bits per heavy atom. The summed E-state index contributed by atoms with van der Waals surface area (Å²) in [4.78, 5) is 27.5. The van der Waals surface area contributed by atoms with Crippen molar-refractivity contribution in [1.82, 2.24) is 10.3 Å². The Balaban J connectivity index is 1.72. The predicted molar refractivity (Wildman–Crippen MR) is 97.7 cm³/mol. The van der Waals surface area contributed by atoms with E-state index < -0.39 is 5.97 Å². The van der Waals surface area contributed by atoms with Gasteiger partial charge < -0.3 is 15.0 Å². The first kappa shape index (κ1) is 17.5. The molecule has 1 heterocycles. The van der Waals surface area contributed by atoms with Gasteiger partial charge in [-0.1, -0.05) is 13.8 Å². The van der Waals surface area contributed by atoms with E-state index in [0.717, 1.165) is 30.2 Å².